The molecule has 0 spiro atoms. The van der Waals surface area contributed by atoms with Gasteiger partial charge in [-0.3, -0.25) is 9.69 Å². The molecule has 0 aliphatic carbocycles. The Morgan fingerprint density at radius 2 is 1.81 bits per heavy atom. The topological polar surface area (TPSA) is 177 Å². The largest absolute Gasteiger partial charge is 0.497 e. The Balaban J connectivity index is 1.24. The highest BCUT2D eigenvalue weighted by atomic mass is 32.2. The number of hydrogen-bond donors (Lipinski definition) is 2. The molecule has 57 heavy (non-hydrogen) atoms. The van der Waals surface area contributed by atoms with Gasteiger partial charge in [0, 0.05) is 16.8 Å². The third kappa shape index (κ3) is 8.70. The molecule has 7 aromatic rings. The van der Waals surface area contributed by atoms with Crippen LogP contribution in [0.15, 0.2) is 104 Å². The summed E-state index contributed by atoms with van der Waals surface area (Å²) in [4.78, 5) is 31.0. The highest BCUT2D eigenvalue weighted by Gasteiger charge is 2.33. The minimum absolute atomic E-state index is 0.00222. The molecule has 1 amide bonds. The third-order valence-corrected chi connectivity index (χ3v) is 12.8. The van der Waals surface area contributed by atoms with Gasteiger partial charge in [-0.25, -0.2) is 28.5 Å². The van der Waals surface area contributed by atoms with E-state index >= 15 is 0 Å². The molecular formula is C39H39N7O7S4. The van der Waals surface area contributed by atoms with Gasteiger partial charge in [-0.1, -0.05) is 23.9 Å². The van der Waals surface area contributed by atoms with Gasteiger partial charge in [-0.15, -0.1) is 22.7 Å². The van der Waals surface area contributed by atoms with Crippen molar-refractivity contribution in [2.24, 2.45) is 5.14 Å². The average Bonchev–Trinajstić information content (AvgIpc) is 4.03. The van der Waals surface area contributed by atoms with Gasteiger partial charge in [0.25, 0.3) is 0 Å². The van der Waals surface area contributed by atoms with Crippen molar-refractivity contribution < 1.29 is 31.8 Å². The van der Waals surface area contributed by atoms with Crippen molar-refractivity contribution in [2.75, 3.05) is 40.2 Å². The van der Waals surface area contributed by atoms with Crippen molar-refractivity contribution >= 4 is 67.1 Å². The number of aromatic nitrogens is 4. The summed E-state index contributed by atoms with van der Waals surface area (Å²) < 4.78 is 49.3. The molecule has 4 heterocycles. The fourth-order valence-electron chi connectivity index (χ4n) is 6.54. The van der Waals surface area contributed by atoms with Crippen LogP contribution in [0.1, 0.15) is 30.4 Å². The summed E-state index contributed by atoms with van der Waals surface area (Å²) in [6.07, 6.45) is 1.61. The van der Waals surface area contributed by atoms with Gasteiger partial charge < -0.3 is 28.5 Å². The van der Waals surface area contributed by atoms with E-state index in [2.05, 4.69) is 5.32 Å². The number of nitrogens with two attached hydrogens (primary N) is 1. The van der Waals surface area contributed by atoms with Crippen LogP contribution in [-0.4, -0.2) is 73.7 Å². The number of benzene rings is 3. The molecule has 296 valence electrons. The molecule has 18 heteroatoms. The van der Waals surface area contributed by atoms with Crippen LogP contribution in [0.5, 0.6) is 17.2 Å². The van der Waals surface area contributed by atoms with E-state index in [9.17, 15) is 13.2 Å². The number of amides is 1. The van der Waals surface area contributed by atoms with E-state index in [0.29, 0.717) is 56.5 Å². The Bertz CT molecular complexity index is 2600. The van der Waals surface area contributed by atoms with Crippen LogP contribution < -0.4 is 24.7 Å². The second-order valence-corrected chi connectivity index (χ2v) is 17.2. The van der Waals surface area contributed by atoms with Crippen molar-refractivity contribution in [3.8, 4) is 38.6 Å². The zero-order chi connectivity index (χ0) is 40.3. The summed E-state index contributed by atoms with van der Waals surface area (Å²) >= 11 is 4.44. The van der Waals surface area contributed by atoms with Gasteiger partial charge in [0.05, 0.1) is 77.7 Å². The van der Waals surface area contributed by atoms with Crippen molar-refractivity contribution in [3.63, 3.8) is 0 Å². The zero-order valence-electron chi connectivity index (χ0n) is 31.5. The average molecular weight is 846 g/mol. The highest BCUT2D eigenvalue weighted by molar-refractivity contribution is 7.98. The first kappa shape index (κ1) is 40.0. The lowest BCUT2D eigenvalue weighted by Crippen LogP contribution is -2.37. The molecule has 14 nitrogen and oxygen atoms in total. The van der Waals surface area contributed by atoms with E-state index < -0.39 is 22.1 Å². The Kier molecular flexibility index (Phi) is 12.0. The number of methoxy groups -OCH3 is 3. The van der Waals surface area contributed by atoms with Crippen LogP contribution in [0, 0.1) is 0 Å². The lowest BCUT2D eigenvalue weighted by molar-refractivity contribution is -0.117. The van der Waals surface area contributed by atoms with Crippen LogP contribution >= 0.6 is 34.4 Å². The maximum Gasteiger partial charge on any atom is 0.238 e. The van der Waals surface area contributed by atoms with Crippen molar-refractivity contribution in [1.82, 2.24) is 24.4 Å². The normalized spacial score (nSPS) is 12.8. The third-order valence-electron chi connectivity index (χ3n) is 9.15. The van der Waals surface area contributed by atoms with Crippen LogP contribution in [0.3, 0.4) is 0 Å². The molecule has 7 rings (SSSR count). The van der Waals surface area contributed by atoms with E-state index in [4.69, 9.17) is 38.7 Å². The molecule has 0 radical (unpaired) electrons. The molecular weight excluding hydrogens is 807 g/mol. The lowest BCUT2D eigenvalue weighted by atomic mass is 10.0. The number of thiophene rings is 1. The maximum atomic E-state index is 13.5. The number of ether oxygens (including phenoxy) is 3. The number of thiazole rings is 1. The molecule has 2 unspecified atom stereocenters. The lowest BCUT2D eigenvalue weighted by Gasteiger charge is -2.32. The number of carbonyl (C=O) groups is 1. The molecule has 0 aliphatic rings. The minimum atomic E-state index is -4.01. The first-order valence-electron chi connectivity index (χ1n) is 17.4. The second-order valence-electron chi connectivity index (χ2n) is 12.9. The predicted octanol–water partition coefficient (Wildman–Crippen LogP) is 7.71. The van der Waals surface area contributed by atoms with E-state index in [0.717, 1.165) is 21.1 Å². The number of likely N-dealkylation sites (N-methyl/N-ethyl adjacent to an activating group) is 1. The molecule has 0 fully saturated rings. The van der Waals surface area contributed by atoms with Crippen LogP contribution in [0.4, 0.5) is 5.69 Å². The number of primary sulfonamides is 1. The molecule has 0 aliphatic heterocycles. The zero-order valence-corrected chi connectivity index (χ0v) is 34.8. The number of carbonyl (C=O) groups excluding carboxylic acids is 1. The summed E-state index contributed by atoms with van der Waals surface area (Å²) in [6, 6.07) is 20.3. The summed E-state index contributed by atoms with van der Waals surface area (Å²) in [6.45, 7) is 2.01. The summed E-state index contributed by atoms with van der Waals surface area (Å²) in [5.74, 6) is 2.54. The van der Waals surface area contributed by atoms with Gasteiger partial charge in [0.15, 0.2) is 16.7 Å². The standard InChI is InChI=1S/C39H39N7O7S4/c1-23(35(30-20-53-37(43-30)33-10-7-17-54-33)45(2)19-34(47)41-24-11-13-26(50-3)14-12-24)46-31-16-15-27(57(40,48)49)18-29(31)44-39(46)56-22-25-21-55-38(42-25)28-8-6-9-32(51-4)36(28)52-5/h6-18,20-21,23,35H,19,22H2,1-5H3,(H,41,47)(H2,40,48,49). The van der Waals surface area contributed by atoms with E-state index in [1.54, 1.807) is 57.9 Å². The number of thioether (sulfide) groups is 1. The number of nitrogens with zero attached hydrogens (tertiary/aromatic N) is 5. The fraction of sp³-hybridized carbons (Fsp3) is 0.231. The number of nitrogens with one attached hydrogen (secondary N) is 1. The number of sulfonamides is 1. The first-order chi connectivity index (χ1) is 27.5. The molecule has 0 saturated heterocycles. The van der Waals surface area contributed by atoms with E-state index in [1.807, 2.05) is 64.5 Å². The Hall–Kier alpha value is -5.24. The van der Waals surface area contributed by atoms with Crippen molar-refractivity contribution in [1.29, 1.82) is 0 Å². The number of hydrogen-bond acceptors (Lipinski definition) is 14. The molecule has 2 atom stereocenters. The van der Waals surface area contributed by atoms with Gasteiger partial charge in [0.2, 0.25) is 21.8 Å². The number of rotatable bonds is 16. The van der Waals surface area contributed by atoms with Crippen molar-refractivity contribution in [3.05, 3.63) is 101 Å². The fourth-order valence-corrected chi connectivity index (χ4v) is 9.66. The number of anilines is 1. The molecule has 0 bridgehead atoms. The molecule has 3 aromatic carbocycles. The number of oxazole rings is 1. The SMILES string of the molecule is COc1ccc(NC(=O)CN(C)C(c2coc(-c3cccs3)n2)C(C)n2c(SCc3csc(-c4cccc(OC)c4OC)n3)nc3cc(S(N)(=O)=O)ccc32)cc1. The van der Waals surface area contributed by atoms with Crippen LogP contribution in [0.25, 0.3) is 32.4 Å². The number of fused-ring (bicyclic) bond motifs is 1. The van der Waals surface area contributed by atoms with Gasteiger partial charge in [-0.05, 0) is 80.0 Å². The maximum absolute atomic E-state index is 13.5. The van der Waals surface area contributed by atoms with Crippen LogP contribution in [-0.2, 0) is 20.6 Å². The Morgan fingerprint density at radius 1 is 1.00 bits per heavy atom. The van der Waals surface area contributed by atoms with Crippen molar-refractivity contribution in [2.45, 2.75) is 34.8 Å². The molecule has 0 saturated carbocycles. The monoisotopic (exact) mass is 845 g/mol. The quantitative estimate of drug-likeness (QED) is 0.0908. The predicted molar refractivity (Wildman–Crippen MR) is 223 cm³/mol. The highest BCUT2D eigenvalue weighted by Crippen LogP contribution is 2.41. The summed E-state index contributed by atoms with van der Waals surface area (Å²) in [7, 11) is 2.61. The number of para-hydroxylation sites is 1. The summed E-state index contributed by atoms with van der Waals surface area (Å²) in [5.41, 5.74) is 3.95. The van der Waals surface area contributed by atoms with Crippen LogP contribution in [0.2, 0.25) is 0 Å². The van der Waals surface area contributed by atoms with Gasteiger partial charge >= 0.3 is 0 Å². The Labute approximate surface area is 341 Å². The van der Waals surface area contributed by atoms with E-state index in [1.165, 1.54) is 46.6 Å². The smallest absolute Gasteiger partial charge is 0.238 e. The van der Waals surface area contributed by atoms with Gasteiger partial charge in [0.1, 0.15) is 17.0 Å². The minimum Gasteiger partial charge on any atom is -0.497 e. The molecule has 3 N–H and O–H groups in total. The second kappa shape index (κ2) is 17.1. The number of imidazole rings is 1. The first-order valence-corrected chi connectivity index (χ1v) is 21.7. The van der Waals surface area contributed by atoms with E-state index in [-0.39, 0.29) is 17.3 Å². The Morgan fingerprint density at radius 3 is 2.51 bits per heavy atom. The summed E-state index contributed by atoms with van der Waals surface area (Å²) in [5, 5.41) is 13.8. The molecule has 4 aromatic heterocycles. The van der Waals surface area contributed by atoms with Gasteiger partial charge in [-0.2, -0.15) is 0 Å².